The van der Waals surface area contributed by atoms with Crippen LogP contribution in [0.2, 0.25) is 0 Å². The molecular formula is C18H25N3O2. The summed E-state index contributed by atoms with van der Waals surface area (Å²) in [6.07, 6.45) is 0.500. The molecule has 0 radical (unpaired) electrons. The lowest BCUT2D eigenvalue weighted by molar-refractivity contribution is 0.199. The molecule has 0 bridgehead atoms. The van der Waals surface area contributed by atoms with Gasteiger partial charge >= 0.3 is 6.09 Å². The summed E-state index contributed by atoms with van der Waals surface area (Å²) in [6, 6.07) is 8.46. The number of amides is 1. The van der Waals surface area contributed by atoms with Gasteiger partial charge in [0.25, 0.3) is 0 Å². The summed E-state index contributed by atoms with van der Waals surface area (Å²) in [5, 5.41) is 7.08. The highest BCUT2D eigenvalue weighted by molar-refractivity contribution is 5.83. The van der Waals surface area contributed by atoms with Crippen LogP contribution in [-0.2, 0) is 6.42 Å². The smallest absolute Gasteiger partial charge is 0.391 e. The molecule has 0 aliphatic rings. The molecule has 1 aromatic carbocycles. The van der Waals surface area contributed by atoms with E-state index >= 15 is 0 Å². The van der Waals surface area contributed by atoms with Gasteiger partial charge in [-0.1, -0.05) is 19.9 Å². The number of benzene rings is 1. The summed E-state index contributed by atoms with van der Waals surface area (Å²) >= 11 is 0. The molecule has 1 aromatic heterocycles. The van der Waals surface area contributed by atoms with E-state index in [0.717, 1.165) is 29.4 Å². The maximum absolute atomic E-state index is 11.5. The van der Waals surface area contributed by atoms with E-state index in [2.05, 4.69) is 41.6 Å². The van der Waals surface area contributed by atoms with Gasteiger partial charge in [0.15, 0.2) is 0 Å². The molecule has 0 spiro atoms. The highest BCUT2D eigenvalue weighted by Gasteiger charge is 2.08. The number of fused-ring (bicyclic) bond motifs is 1. The van der Waals surface area contributed by atoms with Gasteiger partial charge in [0.05, 0.1) is 5.52 Å². The SMILES string of the molecule is CCNC(=O)Oc1ccc2cc(CCNC(C)C)cc(C)c2n1. The lowest BCUT2D eigenvalue weighted by Crippen LogP contribution is -2.26. The number of rotatable bonds is 6. The van der Waals surface area contributed by atoms with E-state index in [4.69, 9.17) is 4.74 Å². The molecule has 0 saturated heterocycles. The van der Waals surface area contributed by atoms with Crippen LogP contribution >= 0.6 is 0 Å². The Hall–Kier alpha value is -2.14. The molecule has 5 nitrogen and oxygen atoms in total. The molecule has 0 fully saturated rings. The van der Waals surface area contributed by atoms with Crippen molar-refractivity contribution < 1.29 is 9.53 Å². The Morgan fingerprint density at radius 2 is 2.09 bits per heavy atom. The first-order valence-electron chi connectivity index (χ1n) is 8.09. The van der Waals surface area contributed by atoms with Gasteiger partial charge in [0.2, 0.25) is 5.88 Å². The predicted molar refractivity (Wildman–Crippen MR) is 93.0 cm³/mol. The number of hydrogen-bond acceptors (Lipinski definition) is 4. The summed E-state index contributed by atoms with van der Waals surface area (Å²) < 4.78 is 5.17. The standard InChI is InChI=1S/C18H25N3O2/c1-5-19-18(22)23-16-7-6-15-11-14(8-9-20-12(2)3)10-13(4)17(15)21-16/h6-7,10-12,20H,5,8-9H2,1-4H3,(H,19,22). The molecule has 0 aliphatic carbocycles. The highest BCUT2D eigenvalue weighted by Crippen LogP contribution is 2.22. The predicted octanol–water partition coefficient (Wildman–Crippen LogP) is 3.19. The molecule has 124 valence electrons. The number of nitrogens with one attached hydrogen (secondary N) is 2. The fraction of sp³-hybridized carbons (Fsp3) is 0.444. The van der Waals surface area contributed by atoms with Gasteiger partial charge in [-0.25, -0.2) is 9.78 Å². The Labute approximate surface area is 137 Å². The van der Waals surface area contributed by atoms with Gasteiger partial charge in [0, 0.05) is 24.0 Å². The molecule has 2 aromatic rings. The molecule has 0 aliphatic heterocycles. The van der Waals surface area contributed by atoms with Gasteiger partial charge in [-0.2, -0.15) is 0 Å². The van der Waals surface area contributed by atoms with Gasteiger partial charge in [-0.3, -0.25) is 0 Å². The molecule has 0 atom stereocenters. The first-order valence-corrected chi connectivity index (χ1v) is 8.09. The minimum Gasteiger partial charge on any atom is -0.391 e. The normalized spacial score (nSPS) is 11.0. The molecule has 1 heterocycles. The lowest BCUT2D eigenvalue weighted by atomic mass is 10.0. The Bertz CT molecular complexity index is 683. The maximum atomic E-state index is 11.5. The van der Waals surface area contributed by atoms with E-state index in [1.165, 1.54) is 5.56 Å². The number of carbonyl (C=O) groups is 1. The number of nitrogens with zero attached hydrogens (tertiary/aromatic N) is 1. The second-order valence-electron chi connectivity index (χ2n) is 5.91. The van der Waals surface area contributed by atoms with Crippen LogP contribution in [0.5, 0.6) is 5.88 Å². The van der Waals surface area contributed by atoms with E-state index in [-0.39, 0.29) is 0 Å². The number of pyridine rings is 1. The fourth-order valence-electron chi connectivity index (χ4n) is 2.45. The zero-order valence-electron chi connectivity index (χ0n) is 14.3. The van der Waals surface area contributed by atoms with Crippen LogP contribution in [0.25, 0.3) is 10.9 Å². The topological polar surface area (TPSA) is 63.2 Å². The third-order valence-corrected chi connectivity index (χ3v) is 3.50. The van der Waals surface area contributed by atoms with Crippen LogP contribution in [0, 0.1) is 6.92 Å². The third kappa shape index (κ3) is 4.93. The maximum Gasteiger partial charge on any atom is 0.413 e. The van der Waals surface area contributed by atoms with Crippen LogP contribution in [0.1, 0.15) is 31.9 Å². The van der Waals surface area contributed by atoms with E-state index < -0.39 is 6.09 Å². The van der Waals surface area contributed by atoms with Gasteiger partial charge in [-0.15, -0.1) is 0 Å². The molecule has 2 rings (SSSR count). The molecular weight excluding hydrogens is 290 g/mol. The number of carbonyl (C=O) groups excluding carboxylic acids is 1. The van der Waals surface area contributed by atoms with Crippen molar-refractivity contribution in [1.29, 1.82) is 0 Å². The van der Waals surface area contributed by atoms with Crippen molar-refractivity contribution in [2.75, 3.05) is 13.1 Å². The first-order chi connectivity index (χ1) is 11.0. The van der Waals surface area contributed by atoms with E-state index in [0.29, 0.717) is 18.5 Å². The minimum atomic E-state index is -0.478. The zero-order chi connectivity index (χ0) is 16.8. The Balaban J connectivity index is 2.17. The monoisotopic (exact) mass is 315 g/mol. The highest BCUT2D eigenvalue weighted by atomic mass is 16.6. The summed E-state index contributed by atoms with van der Waals surface area (Å²) in [7, 11) is 0. The summed E-state index contributed by atoms with van der Waals surface area (Å²) in [5.41, 5.74) is 3.23. The average molecular weight is 315 g/mol. The number of aryl methyl sites for hydroxylation is 1. The number of hydrogen-bond donors (Lipinski definition) is 2. The average Bonchev–Trinajstić information content (AvgIpc) is 2.48. The largest absolute Gasteiger partial charge is 0.413 e. The molecule has 5 heteroatoms. The fourth-order valence-corrected chi connectivity index (χ4v) is 2.45. The molecule has 1 amide bonds. The second-order valence-corrected chi connectivity index (χ2v) is 5.91. The van der Waals surface area contributed by atoms with Crippen molar-refractivity contribution >= 4 is 17.0 Å². The lowest BCUT2D eigenvalue weighted by Gasteiger charge is -2.11. The molecule has 0 unspecified atom stereocenters. The summed E-state index contributed by atoms with van der Waals surface area (Å²) in [6.45, 7) is 9.64. The van der Waals surface area contributed by atoms with Crippen molar-refractivity contribution in [3.63, 3.8) is 0 Å². The number of ether oxygens (including phenoxy) is 1. The van der Waals surface area contributed by atoms with Crippen molar-refractivity contribution in [3.05, 3.63) is 35.4 Å². The Morgan fingerprint density at radius 3 is 2.78 bits per heavy atom. The summed E-state index contributed by atoms with van der Waals surface area (Å²) in [4.78, 5) is 15.9. The van der Waals surface area contributed by atoms with Crippen LogP contribution in [-0.4, -0.2) is 30.2 Å². The second kappa shape index (κ2) is 7.92. The van der Waals surface area contributed by atoms with Crippen molar-refractivity contribution in [2.45, 2.75) is 40.2 Å². The minimum absolute atomic E-state index is 0.320. The van der Waals surface area contributed by atoms with E-state index in [1.807, 2.05) is 19.9 Å². The quantitative estimate of drug-likeness (QED) is 0.859. The molecule has 2 N–H and O–H groups in total. The van der Waals surface area contributed by atoms with Crippen molar-refractivity contribution in [3.8, 4) is 5.88 Å². The van der Waals surface area contributed by atoms with Crippen LogP contribution in [0.3, 0.4) is 0 Å². The van der Waals surface area contributed by atoms with E-state index in [1.54, 1.807) is 6.07 Å². The Kier molecular flexibility index (Phi) is 5.93. The zero-order valence-corrected chi connectivity index (χ0v) is 14.3. The number of aromatic nitrogens is 1. The van der Waals surface area contributed by atoms with Gasteiger partial charge in [-0.05, 0) is 50.1 Å². The van der Waals surface area contributed by atoms with Crippen molar-refractivity contribution in [1.82, 2.24) is 15.6 Å². The van der Waals surface area contributed by atoms with Crippen LogP contribution in [0.4, 0.5) is 4.79 Å². The molecule has 23 heavy (non-hydrogen) atoms. The van der Waals surface area contributed by atoms with Crippen LogP contribution < -0.4 is 15.4 Å². The Morgan fingerprint density at radius 1 is 1.30 bits per heavy atom. The van der Waals surface area contributed by atoms with Crippen molar-refractivity contribution in [2.24, 2.45) is 0 Å². The van der Waals surface area contributed by atoms with Gasteiger partial charge in [0.1, 0.15) is 0 Å². The van der Waals surface area contributed by atoms with Gasteiger partial charge < -0.3 is 15.4 Å². The van der Waals surface area contributed by atoms with Crippen LogP contribution in [0.15, 0.2) is 24.3 Å². The third-order valence-electron chi connectivity index (χ3n) is 3.50. The summed E-state index contributed by atoms with van der Waals surface area (Å²) in [5.74, 6) is 0.320. The first kappa shape index (κ1) is 17.2. The van der Waals surface area contributed by atoms with E-state index in [9.17, 15) is 4.79 Å². The molecule has 0 saturated carbocycles.